The Balaban J connectivity index is 2.07. The number of nitrogens with zero attached hydrogens (tertiary/aromatic N) is 2. The van der Waals surface area contributed by atoms with Gasteiger partial charge in [0.2, 0.25) is 0 Å². The second-order valence-electron chi connectivity index (χ2n) is 4.57. The van der Waals surface area contributed by atoms with Crippen molar-refractivity contribution in [2.45, 2.75) is 0 Å². The van der Waals surface area contributed by atoms with Crippen LogP contribution in [0.2, 0.25) is 0 Å². The Labute approximate surface area is 123 Å². The van der Waals surface area contributed by atoms with E-state index in [1.54, 1.807) is 23.7 Å². The Morgan fingerprint density at radius 2 is 2.09 bits per heavy atom. The van der Waals surface area contributed by atoms with Gasteiger partial charge in [-0.15, -0.1) is 0 Å². The molecule has 0 saturated heterocycles. The number of aromatic amines is 1. The molecular formula is C14H10N4O4. The largest absolute Gasteiger partial charge is 0.338 e. The van der Waals surface area contributed by atoms with Crippen LogP contribution < -0.4 is 5.48 Å². The van der Waals surface area contributed by atoms with E-state index in [1.807, 2.05) is 0 Å². The third-order valence-electron chi connectivity index (χ3n) is 3.18. The van der Waals surface area contributed by atoms with Crippen molar-refractivity contribution in [3.8, 4) is 11.4 Å². The molecule has 0 spiro atoms. The molecule has 1 aromatic heterocycles. The molecule has 0 atom stereocenters. The summed E-state index contributed by atoms with van der Waals surface area (Å²) in [5.41, 5.74) is 3.56. The normalized spacial score (nSPS) is 10.6. The van der Waals surface area contributed by atoms with Crippen molar-refractivity contribution in [1.29, 1.82) is 0 Å². The molecule has 22 heavy (non-hydrogen) atoms. The molecule has 110 valence electrons. The van der Waals surface area contributed by atoms with E-state index in [1.165, 1.54) is 24.3 Å². The van der Waals surface area contributed by atoms with Gasteiger partial charge in [-0.05, 0) is 18.2 Å². The number of hydroxylamine groups is 1. The molecule has 0 radical (unpaired) electrons. The van der Waals surface area contributed by atoms with Gasteiger partial charge in [0.05, 0.1) is 16.0 Å². The maximum absolute atomic E-state index is 11.4. The SMILES string of the molecule is O=C(NO)c1ccc2nc(-c3cccc([N+](=O)[O-])c3)[nH]c2c1. The van der Waals surface area contributed by atoms with Crippen LogP contribution in [0.25, 0.3) is 22.4 Å². The highest BCUT2D eigenvalue weighted by Crippen LogP contribution is 2.24. The number of hydrogen-bond acceptors (Lipinski definition) is 5. The van der Waals surface area contributed by atoms with Crippen molar-refractivity contribution < 1.29 is 14.9 Å². The third kappa shape index (κ3) is 2.38. The number of carbonyl (C=O) groups is 1. The smallest absolute Gasteiger partial charge is 0.274 e. The summed E-state index contributed by atoms with van der Waals surface area (Å²) in [4.78, 5) is 29.1. The summed E-state index contributed by atoms with van der Waals surface area (Å²) in [6.07, 6.45) is 0. The highest BCUT2D eigenvalue weighted by Gasteiger charge is 2.12. The van der Waals surface area contributed by atoms with Gasteiger partial charge in [0.1, 0.15) is 5.82 Å². The van der Waals surface area contributed by atoms with Crippen LogP contribution in [0.5, 0.6) is 0 Å². The Morgan fingerprint density at radius 1 is 1.27 bits per heavy atom. The standard InChI is InChI=1S/C14H10N4O4/c19-14(17-20)9-4-5-11-12(7-9)16-13(15-11)8-2-1-3-10(6-8)18(21)22/h1-7,20H,(H,15,16)(H,17,19). The van der Waals surface area contributed by atoms with Crippen LogP contribution in [0.3, 0.4) is 0 Å². The van der Waals surface area contributed by atoms with Crippen LogP contribution in [0.4, 0.5) is 5.69 Å². The van der Waals surface area contributed by atoms with Crippen LogP contribution in [-0.2, 0) is 0 Å². The number of hydrogen-bond donors (Lipinski definition) is 3. The molecule has 8 heteroatoms. The highest BCUT2D eigenvalue weighted by atomic mass is 16.6. The van der Waals surface area contributed by atoms with Gasteiger partial charge < -0.3 is 4.98 Å². The number of nitro benzene ring substituents is 1. The minimum Gasteiger partial charge on any atom is -0.338 e. The average molecular weight is 298 g/mol. The Hall–Kier alpha value is -3.26. The lowest BCUT2D eigenvalue weighted by molar-refractivity contribution is -0.384. The van der Waals surface area contributed by atoms with Gasteiger partial charge in [-0.2, -0.15) is 0 Å². The van der Waals surface area contributed by atoms with Gasteiger partial charge in [0.25, 0.3) is 11.6 Å². The van der Waals surface area contributed by atoms with Crippen LogP contribution in [0.1, 0.15) is 10.4 Å². The molecule has 8 nitrogen and oxygen atoms in total. The van der Waals surface area contributed by atoms with E-state index in [4.69, 9.17) is 5.21 Å². The minimum atomic E-state index is -0.631. The molecule has 0 fully saturated rings. The monoisotopic (exact) mass is 298 g/mol. The Morgan fingerprint density at radius 3 is 2.82 bits per heavy atom. The number of fused-ring (bicyclic) bond motifs is 1. The van der Waals surface area contributed by atoms with Gasteiger partial charge in [-0.1, -0.05) is 12.1 Å². The van der Waals surface area contributed by atoms with E-state index < -0.39 is 10.8 Å². The summed E-state index contributed by atoms with van der Waals surface area (Å²) in [6, 6.07) is 10.8. The zero-order valence-electron chi connectivity index (χ0n) is 11.1. The quantitative estimate of drug-likeness (QED) is 0.389. The molecule has 3 aromatic rings. The zero-order valence-corrected chi connectivity index (χ0v) is 11.1. The van der Waals surface area contributed by atoms with E-state index in [2.05, 4.69) is 9.97 Å². The lowest BCUT2D eigenvalue weighted by Gasteiger charge is -1.97. The molecule has 3 N–H and O–H groups in total. The molecule has 1 heterocycles. The average Bonchev–Trinajstić information content (AvgIpc) is 2.97. The number of carbonyl (C=O) groups excluding carboxylic acids is 1. The van der Waals surface area contributed by atoms with Crippen molar-refractivity contribution in [2.24, 2.45) is 0 Å². The van der Waals surface area contributed by atoms with Crippen molar-refractivity contribution in [2.75, 3.05) is 0 Å². The van der Waals surface area contributed by atoms with E-state index >= 15 is 0 Å². The molecular weight excluding hydrogens is 288 g/mol. The zero-order chi connectivity index (χ0) is 15.7. The van der Waals surface area contributed by atoms with Crippen LogP contribution in [0.15, 0.2) is 42.5 Å². The first-order valence-electron chi connectivity index (χ1n) is 6.27. The molecule has 3 rings (SSSR count). The van der Waals surface area contributed by atoms with E-state index in [0.29, 0.717) is 22.4 Å². The number of amides is 1. The maximum atomic E-state index is 11.4. The predicted octanol–water partition coefficient (Wildman–Crippen LogP) is 2.26. The highest BCUT2D eigenvalue weighted by molar-refractivity contribution is 5.97. The van der Waals surface area contributed by atoms with Gasteiger partial charge >= 0.3 is 0 Å². The fraction of sp³-hybridized carbons (Fsp3) is 0. The van der Waals surface area contributed by atoms with Crippen molar-refractivity contribution >= 4 is 22.6 Å². The number of imidazole rings is 1. The summed E-state index contributed by atoms with van der Waals surface area (Å²) in [6.45, 7) is 0. The molecule has 0 bridgehead atoms. The fourth-order valence-corrected chi connectivity index (χ4v) is 2.12. The van der Waals surface area contributed by atoms with Crippen molar-refractivity contribution in [1.82, 2.24) is 15.4 Å². The van der Waals surface area contributed by atoms with Crippen LogP contribution in [0, 0.1) is 10.1 Å². The molecule has 0 unspecified atom stereocenters. The van der Waals surface area contributed by atoms with E-state index in [-0.39, 0.29) is 11.3 Å². The first-order valence-corrected chi connectivity index (χ1v) is 6.27. The molecule has 0 aliphatic heterocycles. The van der Waals surface area contributed by atoms with Crippen LogP contribution >= 0.6 is 0 Å². The van der Waals surface area contributed by atoms with E-state index in [9.17, 15) is 14.9 Å². The molecule has 0 aliphatic carbocycles. The summed E-state index contributed by atoms with van der Waals surface area (Å²) in [5, 5.41) is 19.5. The fourth-order valence-electron chi connectivity index (χ4n) is 2.12. The van der Waals surface area contributed by atoms with Crippen molar-refractivity contribution in [3.05, 3.63) is 58.1 Å². The number of non-ortho nitro benzene ring substituents is 1. The number of aromatic nitrogens is 2. The Kier molecular flexibility index (Phi) is 3.28. The number of nitro groups is 1. The molecule has 2 aromatic carbocycles. The lowest BCUT2D eigenvalue weighted by atomic mass is 10.2. The van der Waals surface area contributed by atoms with Crippen molar-refractivity contribution in [3.63, 3.8) is 0 Å². The minimum absolute atomic E-state index is 0.0293. The number of H-pyrrole nitrogens is 1. The molecule has 0 aliphatic rings. The molecule has 1 amide bonds. The summed E-state index contributed by atoms with van der Waals surface area (Å²) in [5.74, 6) is -0.173. The van der Waals surface area contributed by atoms with Gasteiger partial charge in [0.15, 0.2) is 0 Å². The second-order valence-corrected chi connectivity index (χ2v) is 4.57. The third-order valence-corrected chi connectivity index (χ3v) is 3.18. The number of nitrogens with one attached hydrogen (secondary N) is 2. The lowest BCUT2D eigenvalue weighted by Crippen LogP contribution is -2.18. The van der Waals surface area contributed by atoms with Crippen LogP contribution in [-0.4, -0.2) is 26.0 Å². The number of benzene rings is 2. The first-order chi connectivity index (χ1) is 10.6. The summed E-state index contributed by atoms with van der Waals surface area (Å²) >= 11 is 0. The summed E-state index contributed by atoms with van der Waals surface area (Å²) < 4.78 is 0. The first kappa shape index (κ1) is 13.7. The molecule has 0 saturated carbocycles. The Bertz CT molecular complexity index is 887. The number of rotatable bonds is 3. The van der Waals surface area contributed by atoms with Gasteiger partial charge in [0, 0.05) is 23.3 Å². The summed E-state index contributed by atoms with van der Waals surface area (Å²) in [7, 11) is 0. The topological polar surface area (TPSA) is 121 Å². The van der Waals surface area contributed by atoms with Gasteiger partial charge in [-0.25, -0.2) is 10.5 Å². The second kappa shape index (κ2) is 5.26. The van der Waals surface area contributed by atoms with E-state index in [0.717, 1.165) is 0 Å². The van der Waals surface area contributed by atoms with Gasteiger partial charge in [-0.3, -0.25) is 20.1 Å². The predicted molar refractivity (Wildman–Crippen MR) is 77.4 cm³/mol. The maximum Gasteiger partial charge on any atom is 0.274 e.